The predicted octanol–water partition coefficient (Wildman–Crippen LogP) is 2.89. The van der Waals surface area contributed by atoms with Crippen LogP contribution in [0, 0.1) is 0 Å². The van der Waals surface area contributed by atoms with Gasteiger partial charge in [0, 0.05) is 5.38 Å². The third-order valence-electron chi connectivity index (χ3n) is 3.10. The van der Waals surface area contributed by atoms with Crippen LogP contribution in [0.5, 0.6) is 0 Å². The van der Waals surface area contributed by atoms with Crippen molar-refractivity contribution in [3.8, 4) is 0 Å². The average molecular weight is 312 g/mol. The first-order valence-corrected chi connectivity index (χ1v) is 6.76. The van der Waals surface area contributed by atoms with Crippen LogP contribution in [0.4, 0.5) is 18.9 Å². The third-order valence-corrected chi connectivity index (χ3v) is 3.74. The van der Waals surface area contributed by atoms with Gasteiger partial charge in [-0.15, -0.1) is 11.3 Å². The third kappa shape index (κ3) is 2.31. The van der Waals surface area contributed by atoms with Crippen LogP contribution in [-0.4, -0.2) is 16.7 Å². The zero-order valence-corrected chi connectivity index (χ0v) is 11.2. The van der Waals surface area contributed by atoms with E-state index in [0.29, 0.717) is 5.69 Å². The summed E-state index contributed by atoms with van der Waals surface area (Å²) in [5.74, 6) is -1.76. The van der Waals surface area contributed by atoms with Crippen LogP contribution in [-0.2, 0) is 17.5 Å². The Balaban J connectivity index is 2.01. The molecule has 0 fully saturated rings. The Bertz CT molecular complexity index is 726. The van der Waals surface area contributed by atoms with E-state index in [4.69, 9.17) is 0 Å². The van der Waals surface area contributed by atoms with Gasteiger partial charge in [-0.1, -0.05) is 0 Å². The number of fused-ring (bicyclic) bond motifs is 1. The van der Waals surface area contributed by atoms with Crippen molar-refractivity contribution < 1.29 is 22.8 Å². The second kappa shape index (κ2) is 4.66. The molecule has 0 unspecified atom stereocenters. The number of thiazole rings is 1. The fourth-order valence-corrected chi connectivity index (χ4v) is 2.66. The van der Waals surface area contributed by atoms with Crippen molar-refractivity contribution in [1.82, 2.24) is 4.98 Å². The minimum atomic E-state index is -4.55. The van der Waals surface area contributed by atoms with Crippen molar-refractivity contribution in [3.63, 3.8) is 0 Å². The van der Waals surface area contributed by atoms with E-state index in [2.05, 4.69) is 4.98 Å². The van der Waals surface area contributed by atoms with Crippen LogP contribution < -0.4 is 4.90 Å². The van der Waals surface area contributed by atoms with Gasteiger partial charge in [-0.25, -0.2) is 4.98 Å². The predicted molar refractivity (Wildman–Crippen MR) is 69.1 cm³/mol. The smallest absolute Gasteiger partial charge is 0.299 e. The summed E-state index contributed by atoms with van der Waals surface area (Å²) in [5.41, 5.74) is 1.17. The molecule has 3 rings (SSSR count). The van der Waals surface area contributed by atoms with Crippen molar-refractivity contribution >= 4 is 28.7 Å². The monoisotopic (exact) mass is 312 g/mol. The van der Waals surface area contributed by atoms with Crippen molar-refractivity contribution in [3.05, 3.63) is 45.9 Å². The molecule has 1 aromatic heterocycles. The van der Waals surface area contributed by atoms with Gasteiger partial charge in [0.25, 0.3) is 11.7 Å². The van der Waals surface area contributed by atoms with Crippen molar-refractivity contribution in [2.75, 3.05) is 4.90 Å². The summed E-state index contributed by atoms with van der Waals surface area (Å²) in [6.45, 7) is 0.0619. The Hall–Kier alpha value is -2.22. The average Bonchev–Trinajstić information content (AvgIpc) is 3.01. The molecule has 0 saturated heterocycles. The summed E-state index contributed by atoms with van der Waals surface area (Å²) in [4.78, 5) is 28.9. The highest BCUT2D eigenvalue weighted by atomic mass is 32.1. The second-order valence-electron chi connectivity index (χ2n) is 4.43. The Labute approximate surface area is 120 Å². The van der Waals surface area contributed by atoms with E-state index in [1.165, 1.54) is 11.3 Å². The topological polar surface area (TPSA) is 50.3 Å². The summed E-state index contributed by atoms with van der Waals surface area (Å²) < 4.78 is 38.0. The minimum Gasteiger partial charge on any atom is -0.299 e. The number of ketones is 1. The summed E-state index contributed by atoms with van der Waals surface area (Å²) in [6, 6.07) is 2.72. The zero-order chi connectivity index (χ0) is 15.2. The van der Waals surface area contributed by atoms with Gasteiger partial charge in [0.1, 0.15) is 0 Å². The van der Waals surface area contributed by atoms with Crippen LogP contribution in [0.3, 0.4) is 0 Å². The maximum absolute atomic E-state index is 12.7. The van der Waals surface area contributed by atoms with Crippen LogP contribution in [0.25, 0.3) is 0 Å². The number of alkyl halides is 3. The number of Topliss-reactive ketones (excluding diaryl/α,β-unsaturated/α-hetero) is 1. The van der Waals surface area contributed by atoms with Gasteiger partial charge in [0.05, 0.1) is 34.6 Å². The minimum absolute atomic E-state index is 0.0619. The van der Waals surface area contributed by atoms with E-state index in [-0.39, 0.29) is 17.8 Å². The molecular formula is C13H7F3N2O2S. The lowest BCUT2D eigenvalue weighted by Crippen LogP contribution is -2.29. The molecule has 0 bridgehead atoms. The van der Waals surface area contributed by atoms with Crippen molar-refractivity contribution in [2.45, 2.75) is 12.7 Å². The number of nitrogens with zero attached hydrogens (tertiary/aromatic N) is 2. The number of carbonyl (C=O) groups is 2. The highest BCUT2D eigenvalue weighted by Crippen LogP contribution is 2.36. The van der Waals surface area contributed by atoms with Gasteiger partial charge in [-0.2, -0.15) is 13.2 Å². The highest BCUT2D eigenvalue weighted by molar-refractivity contribution is 7.07. The number of benzene rings is 1. The number of hydrogen-bond donors (Lipinski definition) is 0. The second-order valence-corrected chi connectivity index (χ2v) is 5.15. The van der Waals surface area contributed by atoms with Gasteiger partial charge < -0.3 is 0 Å². The summed E-state index contributed by atoms with van der Waals surface area (Å²) in [7, 11) is 0. The first-order chi connectivity index (χ1) is 9.88. The molecule has 4 nitrogen and oxygen atoms in total. The van der Waals surface area contributed by atoms with Gasteiger partial charge in [-0.05, 0) is 18.2 Å². The summed E-state index contributed by atoms with van der Waals surface area (Å²) in [6.07, 6.45) is -4.55. The quantitative estimate of drug-likeness (QED) is 0.801. The molecule has 0 saturated carbocycles. The number of hydrogen-bond acceptors (Lipinski definition) is 4. The number of rotatable bonds is 2. The molecule has 1 aromatic carbocycles. The number of amides is 1. The molecule has 0 N–H and O–H groups in total. The van der Waals surface area contributed by atoms with Crippen molar-refractivity contribution in [2.24, 2.45) is 0 Å². The highest BCUT2D eigenvalue weighted by Gasteiger charge is 2.39. The molecule has 1 aliphatic heterocycles. The molecule has 0 atom stereocenters. The molecule has 21 heavy (non-hydrogen) atoms. The van der Waals surface area contributed by atoms with Gasteiger partial charge in [-0.3, -0.25) is 14.5 Å². The van der Waals surface area contributed by atoms with E-state index in [9.17, 15) is 22.8 Å². The van der Waals surface area contributed by atoms with Gasteiger partial charge in [0.15, 0.2) is 0 Å². The molecule has 1 aliphatic rings. The molecule has 1 amide bonds. The first kappa shape index (κ1) is 13.7. The van der Waals surface area contributed by atoms with Crippen LogP contribution in [0.15, 0.2) is 29.1 Å². The molecule has 108 valence electrons. The molecule has 8 heteroatoms. The van der Waals surface area contributed by atoms with Crippen molar-refractivity contribution in [1.29, 1.82) is 0 Å². The SMILES string of the molecule is O=C1C(=O)N(Cc2cscn2)c2ccc(C(F)(F)F)cc21. The number of carbonyl (C=O) groups excluding carboxylic acids is 2. The standard InChI is InChI=1S/C13H7F3N2O2S/c14-13(15,16)7-1-2-10-9(3-7)11(19)12(20)18(10)4-8-5-21-6-17-8/h1-3,5-6H,4H2. The van der Waals surface area contributed by atoms with E-state index >= 15 is 0 Å². The Morgan fingerprint density at radius 3 is 2.62 bits per heavy atom. The maximum Gasteiger partial charge on any atom is 0.416 e. The molecular weight excluding hydrogens is 305 g/mol. The lowest BCUT2D eigenvalue weighted by atomic mass is 10.1. The lowest BCUT2D eigenvalue weighted by Gasteiger charge is -2.15. The number of halogens is 3. The largest absolute Gasteiger partial charge is 0.416 e. The molecule has 0 spiro atoms. The maximum atomic E-state index is 12.7. The number of anilines is 1. The molecule has 0 aliphatic carbocycles. The van der Waals surface area contributed by atoms with Gasteiger partial charge >= 0.3 is 6.18 Å². The number of aromatic nitrogens is 1. The normalized spacial score (nSPS) is 14.7. The molecule has 2 aromatic rings. The summed E-state index contributed by atoms with van der Waals surface area (Å²) in [5, 5.41) is 1.71. The Kier molecular flexibility index (Phi) is 3.05. The van der Waals surface area contributed by atoms with E-state index in [1.54, 1.807) is 10.9 Å². The Morgan fingerprint density at radius 2 is 2.00 bits per heavy atom. The zero-order valence-electron chi connectivity index (χ0n) is 10.3. The fourth-order valence-electron chi connectivity index (χ4n) is 2.11. The van der Waals surface area contributed by atoms with E-state index in [1.807, 2.05) is 0 Å². The fraction of sp³-hybridized carbons (Fsp3) is 0.154. The van der Waals surface area contributed by atoms with E-state index < -0.39 is 23.4 Å². The molecule has 2 heterocycles. The first-order valence-electron chi connectivity index (χ1n) is 5.82. The van der Waals surface area contributed by atoms with E-state index in [0.717, 1.165) is 23.1 Å². The summed E-state index contributed by atoms with van der Waals surface area (Å²) >= 11 is 1.33. The Morgan fingerprint density at radius 1 is 1.24 bits per heavy atom. The lowest BCUT2D eigenvalue weighted by molar-refractivity contribution is -0.137. The van der Waals surface area contributed by atoms with Gasteiger partial charge in [0.2, 0.25) is 0 Å². The van der Waals surface area contributed by atoms with Crippen LogP contribution >= 0.6 is 11.3 Å². The van der Waals surface area contributed by atoms with Crippen LogP contribution in [0.1, 0.15) is 21.6 Å². The molecule has 0 radical (unpaired) electrons. The van der Waals surface area contributed by atoms with Crippen LogP contribution in [0.2, 0.25) is 0 Å².